The molecular formula is C21H28N6O5. The van der Waals surface area contributed by atoms with Gasteiger partial charge in [-0.1, -0.05) is 19.1 Å². The molecule has 1 aromatic rings. The highest BCUT2D eigenvalue weighted by molar-refractivity contribution is 6.08. The molecule has 2 aliphatic heterocycles. The molecule has 3 fully saturated rings. The van der Waals surface area contributed by atoms with Crippen LogP contribution in [-0.2, 0) is 9.59 Å². The summed E-state index contributed by atoms with van der Waals surface area (Å²) in [5.74, 6) is -0.303. The van der Waals surface area contributed by atoms with Crippen LogP contribution in [0.15, 0.2) is 24.3 Å². The van der Waals surface area contributed by atoms with Crippen molar-refractivity contribution in [2.45, 2.75) is 38.1 Å². The summed E-state index contributed by atoms with van der Waals surface area (Å²) in [6, 6.07) is 6.02. The van der Waals surface area contributed by atoms with Crippen molar-refractivity contribution in [1.82, 2.24) is 20.7 Å². The van der Waals surface area contributed by atoms with Crippen LogP contribution < -0.4 is 15.6 Å². The second-order valence-corrected chi connectivity index (χ2v) is 8.88. The van der Waals surface area contributed by atoms with E-state index in [1.54, 1.807) is 18.2 Å². The van der Waals surface area contributed by atoms with Gasteiger partial charge in [-0.3, -0.25) is 30.0 Å². The van der Waals surface area contributed by atoms with Crippen molar-refractivity contribution < 1.29 is 19.3 Å². The topological polar surface area (TPSA) is 128 Å². The molecule has 1 spiro atoms. The number of nitro benzene ring substituents is 1. The predicted octanol–water partition coefficient (Wildman–Crippen LogP) is 1.25. The molecule has 0 bridgehead atoms. The van der Waals surface area contributed by atoms with E-state index >= 15 is 0 Å². The molecule has 1 saturated carbocycles. The molecule has 3 aliphatic rings. The SMILES string of the molecule is CC1CCC2(CC1)NC(=O)N(NC(=O)CN1CCN(c3ccccc3[N+](=O)[O-])CC1)C2=O. The Morgan fingerprint density at radius 1 is 1.19 bits per heavy atom. The van der Waals surface area contributed by atoms with Gasteiger partial charge in [-0.15, -0.1) is 0 Å². The first kappa shape index (κ1) is 22.0. The summed E-state index contributed by atoms with van der Waals surface area (Å²) in [4.78, 5) is 52.5. The Balaban J connectivity index is 1.30. The lowest BCUT2D eigenvalue weighted by atomic mass is 9.77. The third-order valence-electron chi connectivity index (χ3n) is 6.68. The number of para-hydroxylation sites is 2. The smallest absolute Gasteiger partial charge is 0.344 e. The zero-order chi connectivity index (χ0) is 22.9. The van der Waals surface area contributed by atoms with E-state index in [4.69, 9.17) is 0 Å². The maximum atomic E-state index is 12.9. The highest BCUT2D eigenvalue weighted by Crippen LogP contribution is 2.35. The fourth-order valence-electron chi connectivity index (χ4n) is 4.71. The Morgan fingerprint density at radius 2 is 1.84 bits per heavy atom. The van der Waals surface area contributed by atoms with Crippen LogP contribution >= 0.6 is 0 Å². The molecular weight excluding hydrogens is 416 g/mol. The Bertz CT molecular complexity index is 921. The average molecular weight is 444 g/mol. The molecule has 172 valence electrons. The molecule has 0 aromatic heterocycles. The fraction of sp³-hybridized carbons (Fsp3) is 0.571. The second kappa shape index (κ2) is 8.73. The number of hydrogen-bond acceptors (Lipinski definition) is 7. The summed E-state index contributed by atoms with van der Waals surface area (Å²) < 4.78 is 0. The second-order valence-electron chi connectivity index (χ2n) is 8.88. The summed E-state index contributed by atoms with van der Waals surface area (Å²) in [5, 5.41) is 14.9. The normalized spacial score (nSPS) is 26.3. The number of urea groups is 1. The summed E-state index contributed by atoms with van der Waals surface area (Å²) >= 11 is 0. The van der Waals surface area contributed by atoms with E-state index < -0.39 is 22.4 Å². The summed E-state index contributed by atoms with van der Waals surface area (Å²) in [5.41, 5.74) is 2.19. The first-order chi connectivity index (χ1) is 15.3. The highest BCUT2D eigenvalue weighted by Gasteiger charge is 2.52. The fourth-order valence-corrected chi connectivity index (χ4v) is 4.71. The van der Waals surface area contributed by atoms with Crippen LogP contribution in [0.4, 0.5) is 16.2 Å². The highest BCUT2D eigenvalue weighted by atomic mass is 16.6. The molecule has 32 heavy (non-hydrogen) atoms. The van der Waals surface area contributed by atoms with Crippen LogP contribution in [0.2, 0.25) is 0 Å². The largest absolute Gasteiger partial charge is 0.363 e. The number of anilines is 1. The van der Waals surface area contributed by atoms with E-state index in [-0.39, 0.29) is 18.1 Å². The number of nitro groups is 1. The molecule has 0 radical (unpaired) electrons. The maximum Gasteiger partial charge on any atom is 0.344 e. The molecule has 0 unspecified atom stereocenters. The maximum absolute atomic E-state index is 12.9. The van der Waals surface area contributed by atoms with E-state index in [0.717, 1.165) is 17.9 Å². The van der Waals surface area contributed by atoms with Crippen molar-refractivity contribution >= 4 is 29.2 Å². The molecule has 4 rings (SSSR count). The molecule has 2 saturated heterocycles. The molecule has 1 aromatic carbocycles. The lowest BCUT2D eigenvalue weighted by molar-refractivity contribution is -0.384. The van der Waals surface area contributed by atoms with Crippen molar-refractivity contribution in [3.8, 4) is 0 Å². The van der Waals surface area contributed by atoms with Gasteiger partial charge in [-0.25, -0.2) is 4.79 Å². The van der Waals surface area contributed by atoms with E-state index in [1.165, 1.54) is 6.07 Å². The molecule has 2 N–H and O–H groups in total. The average Bonchev–Trinajstić information content (AvgIpc) is 3.00. The van der Waals surface area contributed by atoms with Crippen LogP contribution in [0, 0.1) is 16.0 Å². The van der Waals surface area contributed by atoms with Crippen molar-refractivity contribution in [3.05, 3.63) is 34.4 Å². The van der Waals surface area contributed by atoms with E-state index in [1.807, 2.05) is 9.80 Å². The number of rotatable bonds is 5. The number of benzene rings is 1. The minimum atomic E-state index is -0.896. The van der Waals surface area contributed by atoms with Crippen LogP contribution in [0.25, 0.3) is 0 Å². The lowest BCUT2D eigenvalue weighted by Gasteiger charge is -2.35. The van der Waals surface area contributed by atoms with Gasteiger partial charge < -0.3 is 10.2 Å². The van der Waals surface area contributed by atoms with Crippen molar-refractivity contribution in [1.29, 1.82) is 0 Å². The quantitative estimate of drug-likeness (QED) is 0.397. The number of piperazine rings is 1. The number of nitrogens with zero attached hydrogens (tertiary/aromatic N) is 4. The summed E-state index contributed by atoms with van der Waals surface area (Å²) in [6.45, 7) is 4.28. The third kappa shape index (κ3) is 4.24. The van der Waals surface area contributed by atoms with Crippen LogP contribution in [-0.4, -0.2) is 70.9 Å². The zero-order valence-electron chi connectivity index (χ0n) is 18.1. The van der Waals surface area contributed by atoms with Crippen LogP contribution in [0.5, 0.6) is 0 Å². The standard InChI is InChI=1S/C21H28N6O5/c1-15-6-8-21(9-7-15)19(29)26(20(30)22-21)23-18(28)14-24-10-12-25(13-11-24)16-4-2-3-5-17(16)27(31)32/h2-5,15H,6-14H2,1H3,(H,22,30)(H,23,28). The number of carbonyl (C=O) groups excluding carboxylic acids is 3. The summed E-state index contributed by atoms with van der Waals surface area (Å²) in [7, 11) is 0. The number of carbonyl (C=O) groups is 3. The third-order valence-corrected chi connectivity index (χ3v) is 6.68. The number of hydrazine groups is 1. The van der Waals surface area contributed by atoms with Gasteiger partial charge in [0, 0.05) is 32.2 Å². The molecule has 11 nitrogen and oxygen atoms in total. The Morgan fingerprint density at radius 3 is 2.50 bits per heavy atom. The number of imide groups is 1. The van der Waals surface area contributed by atoms with Gasteiger partial charge >= 0.3 is 6.03 Å². The number of nitrogens with one attached hydrogen (secondary N) is 2. The minimum Gasteiger partial charge on any atom is -0.363 e. The van der Waals surface area contributed by atoms with Gasteiger partial charge in [0.1, 0.15) is 11.2 Å². The van der Waals surface area contributed by atoms with Gasteiger partial charge in [0.2, 0.25) is 0 Å². The van der Waals surface area contributed by atoms with E-state index in [0.29, 0.717) is 50.6 Å². The minimum absolute atomic E-state index is 0.0335. The molecule has 0 atom stereocenters. The van der Waals surface area contributed by atoms with Crippen molar-refractivity contribution in [2.75, 3.05) is 37.6 Å². The van der Waals surface area contributed by atoms with Gasteiger partial charge in [0.05, 0.1) is 11.5 Å². The van der Waals surface area contributed by atoms with Gasteiger partial charge in [-0.2, -0.15) is 5.01 Å². The number of amides is 4. The van der Waals surface area contributed by atoms with Gasteiger partial charge in [-0.05, 0) is 37.7 Å². The van der Waals surface area contributed by atoms with Crippen molar-refractivity contribution in [3.63, 3.8) is 0 Å². The zero-order valence-corrected chi connectivity index (χ0v) is 18.1. The Hall–Kier alpha value is -3.21. The first-order valence-electron chi connectivity index (χ1n) is 11.0. The van der Waals surface area contributed by atoms with Gasteiger partial charge in [0.25, 0.3) is 17.5 Å². The molecule has 4 amide bonds. The predicted molar refractivity (Wildman–Crippen MR) is 116 cm³/mol. The molecule has 11 heteroatoms. The first-order valence-corrected chi connectivity index (χ1v) is 11.0. The lowest BCUT2D eigenvalue weighted by Crippen LogP contribution is -2.54. The summed E-state index contributed by atoms with van der Waals surface area (Å²) in [6.07, 6.45) is 2.88. The number of hydrogen-bond donors (Lipinski definition) is 2. The molecule has 2 heterocycles. The Labute approximate surface area is 185 Å². The van der Waals surface area contributed by atoms with E-state index in [9.17, 15) is 24.5 Å². The van der Waals surface area contributed by atoms with Crippen LogP contribution in [0.1, 0.15) is 32.6 Å². The van der Waals surface area contributed by atoms with Crippen molar-refractivity contribution in [2.24, 2.45) is 5.92 Å². The van der Waals surface area contributed by atoms with E-state index in [2.05, 4.69) is 17.7 Å². The van der Waals surface area contributed by atoms with Gasteiger partial charge in [0.15, 0.2) is 0 Å². The Kier molecular flexibility index (Phi) is 6.00. The monoisotopic (exact) mass is 444 g/mol. The van der Waals surface area contributed by atoms with Crippen LogP contribution in [0.3, 0.4) is 0 Å². The molecule has 1 aliphatic carbocycles.